The summed E-state index contributed by atoms with van der Waals surface area (Å²) in [6.07, 6.45) is 8.65. The molecule has 1 amide bonds. The number of aromatic nitrogens is 2. The van der Waals surface area contributed by atoms with Crippen LogP contribution in [0.3, 0.4) is 0 Å². The average Bonchev–Trinajstić information content (AvgIpc) is 3.69. The van der Waals surface area contributed by atoms with Gasteiger partial charge in [0.15, 0.2) is 5.78 Å². The minimum absolute atomic E-state index is 0.0123. The lowest BCUT2D eigenvalue weighted by atomic mass is 9.85. The smallest absolute Gasteiger partial charge is 0.251 e. The van der Waals surface area contributed by atoms with E-state index in [1.54, 1.807) is 36.4 Å². The lowest BCUT2D eigenvalue weighted by molar-refractivity contribution is 0.0905. The van der Waals surface area contributed by atoms with E-state index in [9.17, 15) is 14.0 Å². The van der Waals surface area contributed by atoms with Crippen LogP contribution >= 0.6 is 0 Å². The predicted molar refractivity (Wildman–Crippen MR) is 161 cm³/mol. The highest BCUT2D eigenvalue weighted by Gasteiger charge is 2.21. The van der Waals surface area contributed by atoms with Crippen molar-refractivity contribution in [1.82, 2.24) is 15.1 Å². The number of amides is 1. The topological polar surface area (TPSA) is 82.5 Å². The van der Waals surface area contributed by atoms with Crippen molar-refractivity contribution in [3.63, 3.8) is 0 Å². The molecular weight excluding hydrogens is 533 g/mol. The van der Waals surface area contributed by atoms with E-state index in [4.69, 9.17) is 9.47 Å². The first-order chi connectivity index (χ1) is 20.4. The summed E-state index contributed by atoms with van der Waals surface area (Å²) in [5.74, 6) is 2.39. The van der Waals surface area contributed by atoms with E-state index in [-0.39, 0.29) is 17.5 Å². The Balaban J connectivity index is 0.000000181. The van der Waals surface area contributed by atoms with Crippen molar-refractivity contribution in [2.75, 3.05) is 19.8 Å². The van der Waals surface area contributed by atoms with Gasteiger partial charge in [0.25, 0.3) is 5.91 Å². The monoisotopic (exact) mass is 571 g/mol. The van der Waals surface area contributed by atoms with Crippen LogP contribution in [-0.2, 0) is 11.3 Å². The first-order valence-electron chi connectivity index (χ1n) is 14.7. The molecule has 7 nitrogen and oxygen atoms in total. The van der Waals surface area contributed by atoms with Gasteiger partial charge in [0.2, 0.25) is 0 Å². The second-order valence-corrected chi connectivity index (χ2v) is 11.2. The number of benzene rings is 3. The van der Waals surface area contributed by atoms with Gasteiger partial charge in [-0.1, -0.05) is 6.42 Å². The van der Waals surface area contributed by atoms with Crippen LogP contribution in [0.1, 0.15) is 65.3 Å². The van der Waals surface area contributed by atoms with Crippen molar-refractivity contribution in [2.45, 2.75) is 52.5 Å². The van der Waals surface area contributed by atoms with Crippen LogP contribution in [-0.4, -0.2) is 41.2 Å². The largest absolute Gasteiger partial charge is 0.457 e. The molecule has 0 spiro atoms. The highest BCUT2D eigenvalue weighted by atomic mass is 19.1. The summed E-state index contributed by atoms with van der Waals surface area (Å²) in [6, 6.07) is 16.4. The summed E-state index contributed by atoms with van der Waals surface area (Å²) < 4.78 is 25.8. The van der Waals surface area contributed by atoms with Gasteiger partial charge in [-0.15, -0.1) is 0 Å². The number of rotatable bonds is 11. The second-order valence-electron chi connectivity index (χ2n) is 11.2. The predicted octanol–water partition coefficient (Wildman–Crippen LogP) is 7.12. The fourth-order valence-electron chi connectivity index (χ4n) is 4.82. The van der Waals surface area contributed by atoms with E-state index in [0.717, 1.165) is 47.0 Å². The Hall–Kier alpha value is -4.04. The molecule has 1 aromatic heterocycles. The minimum atomic E-state index is -0.302. The van der Waals surface area contributed by atoms with Crippen molar-refractivity contribution in [2.24, 2.45) is 11.8 Å². The standard InChI is InChI=1S/C20H27N3O2.C14H11FO2/c1-14-17(20(24)21-9-10-25-13-16-5-6-16)7-8-19-18(14)12-23(22-19)11-15-3-2-4-15;1-10(16)11-2-6-13(7-3-11)17-14-8-4-12(15)5-9-14/h7-8,12,15-16H,2-6,9-11,13H2,1H3,(H,21,24);2-9H,1H3. The molecule has 1 heterocycles. The fraction of sp³-hybridized carbons (Fsp3) is 0.382. The molecule has 8 heteroatoms. The number of carbonyl (C=O) groups excluding carboxylic acids is 2. The molecule has 3 aromatic carbocycles. The molecule has 6 rings (SSSR count). The third-order valence-corrected chi connectivity index (χ3v) is 7.81. The molecular formula is C34H38FN3O4. The van der Waals surface area contributed by atoms with Gasteiger partial charge in [0.1, 0.15) is 17.3 Å². The molecule has 2 saturated carbocycles. The summed E-state index contributed by atoms with van der Waals surface area (Å²) in [5.41, 5.74) is 3.35. The Morgan fingerprint density at radius 1 is 0.952 bits per heavy atom. The SMILES string of the molecule is CC(=O)c1ccc(Oc2ccc(F)cc2)cc1.Cc1c(C(=O)NCCOCC2CC2)ccc2nn(CC3CCC3)cc12. The van der Waals surface area contributed by atoms with Gasteiger partial charge in [0, 0.05) is 42.4 Å². The molecule has 0 bridgehead atoms. The quantitative estimate of drug-likeness (QED) is 0.153. The molecule has 220 valence electrons. The molecule has 1 N–H and O–H groups in total. The van der Waals surface area contributed by atoms with Crippen LogP contribution in [0.5, 0.6) is 11.5 Å². The molecule has 42 heavy (non-hydrogen) atoms. The van der Waals surface area contributed by atoms with Gasteiger partial charge in [-0.2, -0.15) is 5.10 Å². The molecule has 0 unspecified atom stereocenters. The van der Waals surface area contributed by atoms with Crippen LogP contribution < -0.4 is 10.1 Å². The molecule has 2 aliphatic carbocycles. The van der Waals surface area contributed by atoms with Crippen LogP contribution in [0.4, 0.5) is 4.39 Å². The summed E-state index contributed by atoms with van der Waals surface area (Å²) in [5, 5.41) is 8.71. The average molecular weight is 572 g/mol. The zero-order valence-electron chi connectivity index (χ0n) is 24.3. The summed E-state index contributed by atoms with van der Waals surface area (Å²) >= 11 is 0. The summed E-state index contributed by atoms with van der Waals surface area (Å²) in [6.45, 7) is 6.49. The number of hydrogen-bond donors (Lipinski definition) is 1. The van der Waals surface area contributed by atoms with Crippen molar-refractivity contribution in [1.29, 1.82) is 0 Å². The normalized spacial score (nSPS) is 14.5. The number of halogens is 1. The third kappa shape index (κ3) is 8.03. The van der Waals surface area contributed by atoms with Crippen LogP contribution in [0, 0.1) is 24.6 Å². The minimum Gasteiger partial charge on any atom is -0.457 e. The summed E-state index contributed by atoms with van der Waals surface area (Å²) in [7, 11) is 0. The second kappa shape index (κ2) is 13.7. The van der Waals surface area contributed by atoms with E-state index in [2.05, 4.69) is 21.3 Å². The molecule has 0 saturated heterocycles. The van der Waals surface area contributed by atoms with Gasteiger partial charge in [0.05, 0.1) is 12.1 Å². The van der Waals surface area contributed by atoms with E-state index >= 15 is 0 Å². The fourth-order valence-corrected chi connectivity index (χ4v) is 4.82. The van der Waals surface area contributed by atoms with Crippen LogP contribution in [0.2, 0.25) is 0 Å². The molecule has 4 aromatic rings. The maximum atomic E-state index is 12.7. The van der Waals surface area contributed by atoms with Gasteiger partial charge in [-0.05, 0) is 118 Å². The van der Waals surface area contributed by atoms with E-state index < -0.39 is 0 Å². The Morgan fingerprint density at radius 3 is 2.26 bits per heavy atom. The Labute approximate surface area is 246 Å². The number of aryl methyl sites for hydroxylation is 1. The first-order valence-corrected chi connectivity index (χ1v) is 14.7. The van der Waals surface area contributed by atoms with Crippen LogP contribution in [0.25, 0.3) is 10.9 Å². The Morgan fingerprint density at radius 2 is 1.64 bits per heavy atom. The Kier molecular flexibility index (Phi) is 9.64. The zero-order chi connectivity index (χ0) is 29.5. The number of fused-ring (bicyclic) bond motifs is 1. The van der Waals surface area contributed by atoms with Crippen molar-refractivity contribution in [3.05, 3.63) is 89.4 Å². The lowest BCUT2D eigenvalue weighted by Gasteiger charge is -2.24. The Bertz CT molecular complexity index is 1510. The highest BCUT2D eigenvalue weighted by Crippen LogP contribution is 2.29. The van der Waals surface area contributed by atoms with Gasteiger partial charge in [-0.25, -0.2) is 4.39 Å². The number of carbonyl (C=O) groups is 2. The molecule has 2 aliphatic rings. The zero-order valence-corrected chi connectivity index (χ0v) is 24.3. The molecule has 0 radical (unpaired) electrons. The van der Waals surface area contributed by atoms with Crippen molar-refractivity contribution < 1.29 is 23.5 Å². The van der Waals surface area contributed by atoms with Crippen molar-refractivity contribution >= 4 is 22.6 Å². The van der Waals surface area contributed by atoms with Gasteiger partial charge < -0.3 is 14.8 Å². The maximum Gasteiger partial charge on any atom is 0.251 e. The van der Waals surface area contributed by atoms with E-state index in [1.807, 2.05) is 19.1 Å². The lowest BCUT2D eigenvalue weighted by Crippen LogP contribution is -2.28. The molecule has 2 fully saturated rings. The maximum absolute atomic E-state index is 12.7. The number of Topliss-reactive ketones (excluding diaryl/α,β-unsaturated/α-hetero) is 1. The van der Waals surface area contributed by atoms with Crippen LogP contribution in [0.15, 0.2) is 66.9 Å². The first kappa shape index (κ1) is 29.5. The number of nitrogens with zero attached hydrogens (tertiary/aromatic N) is 2. The number of ketones is 1. The van der Waals surface area contributed by atoms with Gasteiger partial charge >= 0.3 is 0 Å². The number of ether oxygens (including phenoxy) is 2. The summed E-state index contributed by atoms with van der Waals surface area (Å²) in [4.78, 5) is 23.5. The van der Waals surface area contributed by atoms with E-state index in [1.165, 1.54) is 51.2 Å². The van der Waals surface area contributed by atoms with Gasteiger partial charge in [-0.3, -0.25) is 14.3 Å². The number of nitrogens with one attached hydrogen (secondary N) is 1. The molecule has 0 atom stereocenters. The molecule has 0 aliphatic heterocycles. The van der Waals surface area contributed by atoms with Crippen molar-refractivity contribution in [3.8, 4) is 11.5 Å². The third-order valence-electron chi connectivity index (χ3n) is 7.81. The highest BCUT2D eigenvalue weighted by molar-refractivity contribution is 6.00. The number of hydrogen-bond acceptors (Lipinski definition) is 5. The van der Waals surface area contributed by atoms with E-state index in [0.29, 0.717) is 30.2 Å².